The highest BCUT2D eigenvalue weighted by atomic mass is 16.5. The number of nitrogens with zero attached hydrogens (tertiary/aromatic N) is 5. The van der Waals surface area contributed by atoms with Gasteiger partial charge in [-0.1, -0.05) is 6.92 Å². The van der Waals surface area contributed by atoms with Crippen LogP contribution in [0.1, 0.15) is 49.7 Å². The molecule has 1 N–H and O–H groups in total. The quantitative estimate of drug-likeness (QED) is 0.712. The number of anilines is 1. The van der Waals surface area contributed by atoms with Gasteiger partial charge in [0.05, 0.1) is 18.4 Å². The molecule has 3 aromatic rings. The number of hydrogen-bond acceptors (Lipinski definition) is 6. The van der Waals surface area contributed by atoms with Crippen LogP contribution in [0.4, 0.5) is 5.82 Å². The molecular weight excluding hydrogens is 372 g/mol. The van der Waals surface area contributed by atoms with E-state index in [1.807, 2.05) is 20.0 Å². The first-order valence-electron chi connectivity index (χ1n) is 9.77. The average molecular weight is 396 g/mol. The van der Waals surface area contributed by atoms with Gasteiger partial charge in [-0.3, -0.25) is 13.9 Å². The highest BCUT2D eigenvalue weighted by Crippen LogP contribution is 2.62. The lowest BCUT2D eigenvalue weighted by molar-refractivity contribution is -0.0200. The maximum absolute atomic E-state index is 12.9. The fourth-order valence-electron chi connectivity index (χ4n) is 4.36. The van der Waals surface area contributed by atoms with Gasteiger partial charge < -0.3 is 14.8 Å². The van der Waals surface area contributed by atoms with Crippen molar-refractivity contribution in [3.8, 4) is 5.88 Å². The van der Waals surface area contributed by atoms with Gasteiger partial charge in [0.1, 0.15) is 11.2 Å². The SMILES string of the molecule is CC(C)Oc1nc2nc(C34CC(C)(CO3)C4)cn2cc1C(=O)Nc1ccn(C)n1. The molecule has 0 unspecified atom stereocenters. The number of imidazole rings is 1. The van der Waals surface area contributed by atoms with Crippen molar-refractivity contribution in [2.24, 2.45) is 12.5 Å². The van der Waals surface area contributed by atoms with Crippen LogP contribution in [-0.2, 0) is 17.4 Å². The van der Waals surface area contributed by atoms with Gasteiger partial charge in [0.25, 0.3) is 5.91 Å². The molecule has 3 aliphatic rings. The summed E-state index contributed by atoms with van der Waals surface area (Å²) < 4.78 is 15.3. The van der Waals surface area contributed by atoms with Crippen LogP contribution in [0.3, 0.4) is 0 Å². The topological polar surface area (TPSA) is 95.6 Å². The van der Waals surface area contributed by atoms with E-state index in [4.69, 9.17) is 14.5 Å². The molecule has 29 heavy (non-hydrogen) atoms. The van der Waals surface area contributed by atoms with E-state index < -0.39 is 0 Å². The highest BCUT2D eigenvalue weighted by molar-refractivity contribution is 6.05. The summed E-state index contributed by atoms with van der Waals surface area (Å²) in [4.78, 5) is 22.1. The van der Waals surface area contributed by atoms with E-state index in [1.54, 1.807) is 34.6 Å². The molecule has 1 amide bonds. The van der Waals surface area contributed by atoms with E-state index in [9.17, 15) is 4.79 Å². The van der Waals surface area contributed by atoms with Crippen molar-refractivity contribution in [1.29, 1.82) is 0 Å². The molecule has 0 radical (unpaired) electrons. The zero-order chi connectivity index (χ0) is 20.4. The molecular formula is C20H24N6O3. The summed E-state index contributed by atoms with van der Waals surface area (Å²) in [6.45, 7) is 6.78. The number of fused-ring (bicyclic) bond motifs is 2. The first-order valence-corrected chi connectivity index (χ1v) is 9.77. The number of ether oxygens (including phenoxy) is 2. The van der Waals surface area contributed by atoms with Gasteiger partial charge >= 0.3 is 0 Å². The normalized spacial score (nSPS) is 25.4. The van der Waals surface area contributed by atoms with E-state index in [0.717, 1.165) is 25.1 Å². The summed E-state index contributed by atoms with van der Waals surface area (Å²) in [6.07, 6.45) is 7.17. The van der Waals surface area contributed by atoms with Crippen molar-refractivity contribution >= 4 is 17.5 Å². The fourth-order valence-corrected chi connectivity index (χ4v) is 4.36. The van der Waals surface area contributed by atoms with Gasteiger partial charge in [0.2, 0.25) is 11.7 Å². The Labute approximate surface area is 168 Å². The molecule has 2 saturated heterocycles. The highest BCUT2D eigenvalue weighted by Gasteiger charge is 2.61. The van der Waals surface area contributed by atoms with E-state index in [2.05, 4.69) is 22.3 Å². The standard InChI is InChI=1S/C20H24N6O3/c1-12(2)29-17-13(16(27)22-15-5-6-25(4)24-15)7-26-8-14(21-18(26)23-17)20-9-19(3,10-20)11-28-20/h5-8,12H,9-11H2,1-4H3,(H,22,24,27). The Balaban J connectivity index is 1.52. The predicted molar refractivity (Wildman–Crippen MR) is 105 cm³/mol. The van der Waals surface area contributed by atoms with Crippen molar-refractivity contribution in [2.45, 2.75) is 45.3 Å². The third-order valence-electron chi connectivity index (χ3n) is 5.55. The van der Waals surface area contributed by atoms with E-state index in [-0.39, 0.29) is 28.9 Å². The predicted octanol–water partition coefficient (Wildman–Crippen LogP) is 2.53. The Kier molecular flexibility index (Phi) is 3.76. The van der Waals surface area contributed by atoms with Crippen LogP contribution in [0.25, 0.3) is 5.78 Å². The van der Waals surface area contributed by atoms with Gasteiger partial charge in [-0.15, -0.1) is 0 Å². The maximum Gasteiger partial charge on any atom is 0.263 e. The van der Waals surface area contributed by atoms with Gasteiger partial charge in [0.15, 0.2) is 5.82 Å². The zero-order valence-electron chi connectivity index (χ0n) is 17.0. The second kappa shape index (κ2) is 6.03. The molecule has 6 rings (SSSR count). The van der Waals surface area contributed by atoms with Gasteiger partial charge in [-0.25, -0.2) is 4.98 Å². The number of aryl methyl sites for hydroxylation is 1. The Hall–Kier alpha value is -2.94. The molecule has 9 nitrogen and oxygen atoms in total. The fraction of sp³-hybridized carbons (Fsp3) is 0.500. The van der Waals surface area contributed by atoms with Crippen LogP contribution >= 0.6 is 0 Å². The Morgan fingerprint density at radius 1 is 1.31 bits per heavy atom. The van der Waals surface area contributed by atoms with Crippen LogP contribution in [0.5, 0.6) is 5.88 Å². The lowest BCUT2D eigenvalue weighted by Crippen LogP contribution is -2.40. The summed E-state index contributed by atoms with van der Waals surface area (Å²) in [5.74, 6) is 0.867. The van der Waals surface area contributed by atoms with Crippen molar-refractivity contribution in [2.75, 3.05) is 11.9 Å². The van der Waals surface area contributed by atoms with E-state index in [0.29, 0.717) is 17.2 Å². The number of amides is 1. The third kappa shape index (κ3) is 2.96. The number of carbonyl (C=O) groups excluding carboxylic acids is 1. The first-order chi connectivity index (χ1) is 13.8. The Bertz CT molecular complexity index is 1110. The van der Waals surface area contributed by atoms with Crippen LogP contribution in [0.2, 0.25) is 0 Å². The molecule has 0 spiro atoms. The molecule has 3 aromatic heterocycles. The molecule has 0 aromatic carbocycles. The van der Waals surface area contributed by atoms with Crippen molar-refractivity contribution in [1.82, 2.24) is 24.1 Å². The molecule has 9 heteroatoms. The second-order valence-electron chi connectivity index (χ2n) is 8.74. The molecule has 2 bridgehead atoms. The number of rotatable bonds is 5. The molecule has 1 saturated carbocycles. The second-order valence-corrected chi connectivity index (χ2v) is 8.74. The van der Waals surface area contributed by atoms with E-state index >= 15 is 0 Å². The monoisotopic (exact) mass is 396 g/mol. The smallest absolute Gasteiger partial charge is 0.263 e. The minimum absolute atomic E-state index is 0.134. The molecule has 0 atom stereocenters. The molecule has 152 valence electrons. The molecule has 2 aliphatic heterocycles. The van der Waals surface area contributed by atoms with Crippen LogP contribution in [0.15, 0.2) is 24.7 Å². The molecule has 1 aliphatic carbocycles. The molecule has 5 heterocycles. The summed E-state index contributed by atoms with van der Waals surface area (Å²) in [6, 6.07) is 1.73. The summed E-state index contributed by atoms with van der Waals surface area (Å²) in [7, 11) is 1.79. The summed E-state index contributed by atoms with van der Waals surface area (Å²) in [5, 5.41) is 6.98. The van der Waals surface area contributed by atoms with Crippen molar-refractivity contribution in [3.63, 3.8) is 0 Å². The minimum atomic E-state index is -0.338. The number of carbonyl (C=O) groups is 1. The molecule has 3 fully saturated rings. The Morgan fingerprint density at radius 2 is 2.10 bits per heavy atom. The average Bonchev–Trinajstić information content (AvgIpc) is 3.36. The number of aromatic nitrogens is 5. The number of hydrogen-bond donors (Lipinski definition) is 1. The zero-order valence-corrected chi connectivity index (χ0v) is 17.0. The largest absolute Gasteiger partial charge is 0.474 e. The van der Waals surface area contributed by atoms with Gasteiger partial charge in [0, 0.05) is 31.7 Å². The van der Waals surface area contributed by atoms with Gasteiger partial charge in [-0.2, -0.15) is 10.1 Å². The Morgan fingerprint density at radius 3 is 2.72 bits per heavy atom. The summed E-state index contributed by atoms with van der Waals surface area (Å²) >= 11 is 0. The van der Waals surface area contributed by atoms with Crippen molar-refractivity contribution in [3.05, 3.63) is 35.9 Å². The lowest BCUT2D eigenvalue weighted by atomic mass is 9.63. The van der Waals surface area contributed by atoms with Gasteiger partial charge in [-0.05, 0) is 32.1 Å². The van der Waals surface area contributed by atoms with Crippen molar-refractivity contribution < 1.29 is 14.3 Å². The number of nitrogens with one attached hydrogen (secondary N) is 1. The van der Waals surface area contributed by atoms with Crippen LogP contribution < -0.4 is 10.1 Å². The summed E-state index contributed by atoms with van der Waals surface area (Å²) in [5.41, 5.74) is 1.11. The van der Waals surface area contributed by atoms with Crippen LogP contribution in [-0.4, -0.2) is 42.8 Å². The minimum Gasteiger partial charge on any atom is -0.474 e. The lowest BCUT2D eigenvalue weighted by Gasteiger charge is -2.41. The van der Waals surface area contributed by atoms with E-state index in [1.165, 1.54) is 0 Å². The first kappa shape index (κ1) is 18.1. The van der Waals surface area contributed by atoms with Crippen LogP contribution in [0, 0.1) is 5.41 Å². The maximum atomic E-state index is 12.9. The third-order valence-corrected chi connectivity index (χ3v) is 5.55.